The highest BCUT2D eigenvalue weighted by Gasteiger charge is 2.27. The van der Waals surface area contributed by atoms with Crippen molar-refractivity contribution in [3.8, 4) is 28.1 Å². The molecule has 0 aliphatic rings. The molecule has 1 atom stereocenters. The van der Waals surface area contributed by atoms with Crippen LogP contribution in [-0.4, -0.2) is 25.9 Å². The third-order valence-corrected chi connectivity index (χ3v) is 7.07. The molecule has 6 aromatic rings. The van der Waals surface area contributed by atoms with Gasteiger partial charge < -0.3 is 14.9 Å². The van der Waals surface area contributed by atoms with E-state index in [2.05, 4.69) is 9.97 Å². The Morgan fingerprint density at radius 2 is 1.80 bits per heavy atom. The summed E-state index contributed by atoms with van der Waals surface area (Å²) < 4.78 is 28.1. The number of hydrogen-bond acceptors (Lipinski definition) is 7. The fourth-order valence-electron chi connectivity index (χ4n) is 4.95. The molecule has 1 unspecified atom stereocenters. The van der Waals surface area contributed by atoms with Crippen molar-refractivity contribution in [3.63, 3.8) is 0 Å². The van der Waals surface area contributed by atoms with Crippen molar-refractivity contribution in [1.29, 1.82) is 0 Å². The first kappa shape index (κ1) is 26.5. The van der Waals surface area contributed by atoms with Gasteiger partial charge in [0.25, 0.3) is 0 Å². The van der Waals surface area contributed by atoms with E-state index in [0.717, 1.165) is 0 Å². The van der Waals surface area contributed by atoms with E-state index < -0.39 is 11.9 Å². The molecular formula is C31H25ClFN5O3. The van der Waals surface area contributed by atoms with Crippen molar-refractivity contribution in [2.24, 2.45) is 0 Å². The van der Waals surface area contributed by atoms with E-state index in [9.17, 15) is 9.18 Å². The Balaban J connectivity index is 1.58. The second kappa shape index (κ2) is 10.3. The number of fused-ring (bicyclic) bond motifs is 2. The fourth-order valence-corrected chi connectivity index (χ4v) is 5.17. The number of nitrogen functional groups attached to an aromatic ring is 1. The number of rotatable bonds is 6. The normalized spacial score (nSPS) is 12.3. The zero-order valence-corrected chi connectivity index (χ0v) is 23.2. The van der Waals surface area contributed by atoms with E-state index in [1.807, 2.05) is 26.8 Å². The lowest BCUT2D eigenvalue weighted by atomic mass is 9.99. The van der Waals surface area contributed by atoms with Crippen LogP contribution in [0.15, 0.2) is 82.3 Å². The van der Waals surface area contributed by atoms with Crippen LogP contribution in [0.3, 0.4) is 0 Å². The van der Waals surface area contributed by atoms with Crippen LogP contribution in [0.2, 0.25) is 5.02 Å². The maximum atomic E-state index is 14.3. The van der Waals surface area contributed by atoms with Gasteiger partial charge >= 0.3 is 0 Å². The Hall–Kier alpha value is -4.76. The molecule has 206 valence electrons. The van der Waals surface area contributed by atoms with E-state index in [-0.39, 0.29) is 22.9 Å². The highest BCUT2D eigenvalue weighted by molar-refractivity contribution is 6.32. The summed E-state index contributed by atoms with van der Waals surface area (Å²) in [7, 11) is 0. The number of ether oxygens (including phenoxy) is 1. The number of aromatic nitrogens is 4. The third kappa shape index (κ3) is 4.68. The van der Waals surface area contributed by atoms with Crippen LogP contribution in [0.1, 0.15) is 32.6 Å². The molecule has 0 aliphatic heterocycles. The van der Waals surface area contributed by atoms with Gasteiger partial charge in [-0.2, -0.15) is 5.10 Å². The lowest BCUT2D eigenvalue weighted by Crippen LogP contribution is -2.16. The maximum absolute atomic E-state index is 14.3. The first-order valence-corrected chi connectivity index (χ1v) is 13.4. The Kier molecular flexibility index (Phi) is 6.67. The van der Waals surface area contributed by atoms with Crippen molar-refractivity contribution < 1.29 is 13.5 Å². The summed E-state index contributed by atoms with van der Waals surface area (Å²) >= 11 is 6.55. The molecule has 6 rings (SSSR count). The number of nitrogens with zero attached hydrogens (tertiary/aromatic N) is 4. The number of halogens is 2. The summed E-state index contributed by atoms with van der Waals surface area (Å²) in [6.07, 6.45) is 1.30. The van der Waals surface area contributed by atoms with Crippen LogP contribution >= 0.6 is 11.6 Å². The van der Waals surface area contributed by atoms with Gasteiger partial charge in [0.15, 0.2) is 5.65 Å². The number of benzene rings is 3. The predicted octanol–water partition coefficient (Wildman–Crippen LogP) is 7.04. The molecule has 0 spiro atoms. The second-order valence-electron chi connectivity index (χ2n) is 9.92. The van der Waals surface area contributed by atoms with Crippen LogP contribution in [0.5, 0.6) is 5.75 Å². The van der Waals surface area contributed by atoms with Crippen molar-refractivity contribution in [3.05, 3.63) is 99.9 Å². The number of para-hydroxylation sites is 1. The first-order chi connectivity index (χ1) is 19.7. The smallest absolute Gasteiger partial charge is 0.200 e. The van der Waals surface area contributed by atoms with Gasteiger partial charge in [-0.15, -0.1) is 0 Å². The molecule has 0 amide bonds. The van der Waals surface area contributed by atoms with Crippen molar-refractivity contribution in [1.82, 2.24) is 19.7 Å². The number of hydrogen-bond donors (Lipinski definition) is 1. The minimum absolute atomic E-state index is 0.0489. The van der Waals surface area contributed by atoms with Gasteiger partial charge in [-0.25, -0.2) is 19.0 Å². The zero-order chi connectivity index (χ0) is 28.8. The quantitative estimate of drug-likeness (QED) is 0.229. The molecule has 8 nitrogen and oxygen atoms in total. The number of nitrogens with two attached hydrogens (primary N) is 1. The Morgan fingerprint density at radius 3 is 2.56 bits per heavy atom. The van der Waals surface area contributed by atoms with E-state index >= 15 is 0 Å². The highest BCUT2D eigenvalue weighted by atomic mass is 35.5. The largest absolute Gasteiger partial charge is 0.489 e. The van der Waals surface area contributed by atoms with Gasteiger partial charge in [0.1, 0.15) is 46.8 Å². The van der Waals surface area contributed by atoms with Crippen molar-refractivity contribution in [2.75, 3.05) is 5.73 Å². The van der Waals surface area contributed by atoms with E-state index in [1.165, 1.54) is 18.5 Å². The predicted molar refractivity (Wildman–Crippen MR) is 158 cm³/mol. The summed E-state index contributed by atoms with van der Waals surface area (Å²) in [5.41, 5.74) is 8.69. The maximum Gasteiger partial charge on any atom is 0.200 e. The molecule has 3 aromatic heterocycles. The average molecular weight is 570 g/mol. The molecule has 10 heteroatoms. The topological polar surface area (TPSA) is 109 Å². The zero-order valence-electron chi connectivity index (χ0n) is 22.4. The van der Waals surface area contributed by atoms with E-state index in [1.54, 1.807) is 53.2 Å². The van der Waals surface area contributed by atoms with Gasteiger partial charge in [0.05, 0.1) is 27.5 Å². The molecular weight excluding hydrogens is 545 g/mol. The van der Waals surface area contributed by atoms with Crippen molar-refractivity contribution >= 4 is 39.4 Å². The minimum atomic E-state index is -0.657. The molecule has 2 N–H and O–H groups in total. The summed E-state index contributed by atoms with van der Waals surface area (Å²) in [5.74, 6) is 0.603. The number of anilines is 1. The average Bonchev–Trinajstić information content (AvgIpc) is 3.34. The third-order valence-electron chi connectivity index (χ3n) is 6.77. The van der Waals surface area contributed by atoms with Gasteiger partial charge in [-0.05, 0) is 68.8 Å². The Morgan fingerprint density at radius 1 is 1.00 bits per heavy atom. The monoisotopic (exact) mass is 569 g/mol. The fraction of sp³-hybridized carbons (Fsp3) is 0.161. The molecule has 41 heavy (non-hydrogen) atoms. The van der Waals surface area contributed by atoms with Gasteiger partial charge in [0, 0.05) is 5.56 Å². The van der Waals surface area contributed by atoms with Crippen LogP contribution in [-0.2, 0) is 0 Å². The van der Waals surface area contributed by atoms with Crippen LogP contribution in [0.4, 0.5) is 10.2 Å². The second-order valence-corrected chi connectivity index (χ2v) is 10.3. The Labute approximate surface area is 239 Å². The summed E-state index contributed by atoms with van der Waals surface area (Å²) in [4.78, 5) is 22.5. The summed E-state index contributed by atoms with van der Waals surface area (Å²) in [6, 6.07) is 17.5. The van der Waals surface area contributed by atoms with Crippen LogP contribution in [0, 0.1) is 5.82 Å². The molecule has 0 fully saturated rings. The standard InChI is InChI=1S/C31H25ClFN5O3/c1-16(2)40-24-12-11-19(14-22(24)32)27-26-30(34)35-15-36-31(26)38(37-27)17(3)29-25(18-7-6-8-20(33)13-18)28(39)21-9-4-5-10-23(21)41-29/h4-17H,1-3H3,(H2,34,35,36). The molecule has 3 heterocycles. The van der Waals surface area contributed by atoms with Crippen LogP contribution < -0.4 is 15.9 Å². The lowest BCUT2D eigenvalue weighted by molar-refractivity contribution is 0.242. The summed E-state index contributed by atoms with van der Waals surface area (Å²) in [5, 5.41) is 6.21. The Bertz CT molecular complexity index is 2000. The van der Waals surface area contributed by atoms with Gasteiger partial charge in [-0.3, -0.25) is 4.79 Å². The van der Waals surface area contributed by atoms with Gasteiger partial charge in [0.2, 0.25) is 5.43 Å². The SMILES string of the molecule is CC(C)Oc1ccc(-c2nn(C(C)c3oc4ccccc4c(=O)c3-c3cccc(F)c3)c3ncnc(N)c23)cc1Cl. The van der Waals surface area contributed by atoms with E-state index in [0.29, 0.717) is 55.4 Å². The summed E-state index contributed by atoms with van der Waals surface area (Å²) in [6.45, 7) is 5.67. The van der Waals surface area contributed by atoms with Crippen molar-refractivity contribution in [2.45, 2.75) is 32.9 Å². The minimum Gasteiger partial charge on any atom is -0.489 e. The lowest BCUT2D eigenvalue weighted by Gasteiger charge is -2.17. The van der Waals surface area contributed by atoms with Crippen LogP contribution in [0.25, 0.3) is 44.4 Å². The molecule has 0 radical (unpaired) electrons. The van der Waals surface area contributed by atoms with E-state index in [4.69, 9.17) is 31.6 Å². The first-order valence-electron chi connectivity index (χ1n) is 13.0. The molecule has 3 aromatic carbocycles. The molecule has 0 saturated heterocycles. The van der Waals surface area contributed by atoms with Gasteiger partial charge in [-0.1, -0.05) is 35.9 Å². The molecule has 0 saturated carbocycles. The molecule has 0 bridgehead atoms. The highest BCUT2D eigenvalue weighted by Crippen LogP contribution is 2.38. The molecule has 0 aliphatic carbocycles.